The van der Waals surface area contributed by atoms with Gasteiger partial charge in [-0.1, -0.05) is 23.2 Å². The molecule has 0 bridgehead atoms. The van der Waals surface area contributed by atoms with Crippen molar-refractivity contribution in [3.8, 4) is 0 Å². The molecule has 0 saturated heterocycles. The Morgan fingerprint density at radius 2 is 2.14 bits per heavy atom. The van der Waals surface area contributed by atoms with Crippen molar-refractivity contribution >= 4 is 34.8 Å². The van der Waals surface area contributed by atoms with E-state index in [9.17, 15) is 4.79 Å². The van der Waals surface area contributed by atoms with Crippen LogP contribution in [0.15, 0.2) is 12.3 Å². The van der Waals surface area contributed by atoms with Gasteiger partial charge in [0, 0.05) is 12.7 Å². The Hall–Kier alpha value is -1.30. The zero-order valence-corrected chi connectivity index (χ0v) is 13.8. The molecule has 0 aromatic carbocycles. The van der Waals surface area contributed by atoms with E-state index in [0.717, 1.165) is 13.0 Å². The average Bonchev–Trinajstić information content (AvgIpc) is 2.71. The molecule has 21 heavy (non-hydrogen) atoms. The van der Waals surface area contributed by atoms with Crippen molar-refractivity contribution < 1.29 is 4.79 Å². The van der Waals surface area contributed by atoms with E-state index in [0.29, 0.717) is 33.6 Å². The zero-order chi connectivity index (χ0) is 15.6. The number of fused-ring (bicyclic) bond motifs is 1. The van der Waals surface area contributed by atoms with Gasteiger partial charge in [0.25, 0.3) is 5.91 Å². The number of imidazole rings is 1. The molecule has 0 aliphatic heterocycles. The van der Waals surface area contributed by atoms with Gasteiger partial charge in [-0.3, -0.25) is 9.20 Å². The maximum atomic E-state index is 12.3. The fraction of sp³-hybridized carbons (Fsp3) is 0.429. The lowest BCUT2D eigenvalue weighted by Crippen LogP contribution is -2.28. The van der Waals surface area contributed by atoms with Crippen molar-refractivity contribution in [2.75, 3.05) is 27.2 Å². The van der Waals surface area contributed by atoms with Crippen LogP contribution in [-0.4, -0.2) is 47.4 Å². The largest absolute Gasteiger partial charge is 0.351 e. The molecule has 2 aromatic heterocycles. The van der Waals surface area contributed by atoms with Crippen LogP contribution >= 0.6 is 23.2 Å². The van der Waals surface area contributed by atoms with Crippen molar-refractivity contribution in [2.24, 2.45) is 0 Å². The maximum absolute atomic E-state index is 12.3. The molecule has 0 saturated carbocycles. The number of nitrogens with one attached hydrogen (secondary N) is 1. The Morgan fingerprint density at radius 1 is 1.43 bits per heavy atom. The maximum Gasteiger partial charge on any atom is 0.270 e. The molecule has 0 spiro atoms. The van der Waals surface area contributed by atoms with Crippen molar-refractivity contribution in [2.45, 2.75) is 13.3 Å². The minimum absolute atomic E-state index is 0.169. The van der Waals surface area contributed by atoms with Gasteiger partial charge in [-0.05, 0) is 40.1 Å². The monoisotopic (exact) mass is 328 g/mol. The van der Waals surface area contributed by atoms with Crippen molar-refractivity contribution in [3.05, 3.63) is 33.7 Å². The fourth-order valence-electron chi connectivity index (χ4n) is 2.14. The number of aryl methyl sites for hydroxylation is 1. The van der Waals surface area contributed by atoms with Crippen LogP contribution in [0.5, 0.6) is 0 Å². The average molecular weight is 329 g/mol. The normalized spacial score (nSPS) is 11.3. The molecular weight excluding hydrogens is 311 g/mol. The van der Waals surface area contributed by atoms with E-state index in [1.54, 1.807) is 23.6 Å². The second-order valence-electron chi connectivity index (χ2n) is 5.16. The smallest absolute Gasteiger partial charge is 0.270 e. The Bertz CT molecular complexity index is 667. The van der Waals surface area contributed by atoms with Crippen LogP contribution in [-0.2, 0) is 0 Å². The topological polar surface area (TPSA) is 49.6 Å². The predicted molar refractivity (Wildman–Crippen MR) is 85.5 cm³/mol. The zero-order valence-electron chi connectivity index (χ0n) is 12.3. The van der Waals surface area contributed by atoms with Gasteiger partial charge < -0.3 is 10.2 Å². The summed E-state index contributed by atoms with van der Waals surface area (Å²) in [6, 6.07) is 1.61. The quantitative estimate of drug-likeness (QED) is 0.858. The Labute approximate surface area is 133 Å². The standard InChI is InChI=1S/C14H18Cl2N4O/c1-9-12(14(21)17-5-4-6-19(2)3)20-8-10(15)7-11(16)13(20)18-9/h7-8H,4-6H2,1-3H3,(H,17,21). The number of hydrogen-bond donors (Lipinski definition) is 1. The summed E-state index contributed by atoms with van der Waals surface area (Å²) < 4.78 is 1.64. The molecule has 1 N–H and O–H groups in total. The summed E-state index contributed by atoms with van der Waals surface area (Å²) in [5.41, 5.74) is 1.64. The van der Waals surface area contributed by atoms with E-state index in [1.807, 2.05) is 14.1 Å². The van der Waals surface area contributed by atoms with Gasteiger partial charge in [0.05, 0.1) is 15.7 Å². The molecule has 0 unspecified atom stereocenters. The molecule has 2 heterocycles. The predicted octanol–water partition coefficient (Wildman–Crippen LogP) is 2.63. The summed E-state index contributed by atoms with van der Waals surface area (Å²) in [6.45, 7) is 3.31. The summed E-state index contributed by atoms with van der Waals surface area (Å²) in [6.07, 6.45) is 2.54. The lowest BCUT2D eigenvalue weighted by Gasteiger charge is -2.10. The van der Waals surface area contributed by atoms with Gasteiger partial charge >= 0.3 is 0 Å². The molecule has 5 nitrogen and oxygen atoms in total. The summed E-state index contributed by atoms with van der Waals surface area (Å²) in [5.74, 6) is -0.169. The fourth-order valence-corrected chi connectivity index (χ4v) is 2.65. The first-order chi connectivity index (χ1) is 9.90. The minimum atomic E-state index is -0.169. The molecule has 0 aliphatic rings. The van der Waals surface area contributed by atoms with E-state index in [4.69, 9.17) is 23.2 Å². The molecular formula is C14H18Cl2N4O. The molecule has 114 valence electrons. The second-order valence-corrected chi connectivity index (χ2v) is 6.00. The summed E-state index contributed by atoms with van der Waals surface area (Å²) in [5, 5.41) is 3.79. The van der Waals surface area contributed by atoms with Crippen molar-refractivity contribution in [1.82, 2.24) is 19.6 Å². The molecule has 0 radical (unpaired) electrons. The van der Waals surface area contributed by atoms with Gasteiger partial charge in [-0.15, -0.1) is 0 Å². The van der Waals surface area contributed by atoms with Gasteiger partial charge in [0.15, 0.2) is 5.65 Å². The second kappa shape index (κ2) is 6.64. The number of carbonyl (C=O) groups is 1. The van der Waals surface area contributed by atoms with Crippen LogP contribution in [0.25, 0.3) is 5.65 Å². The summed E-state index contributed by atoms with van der Waals surface area (Å²) in [7, 11) is 4.00. The van der Waals surface area contributed by atoms with E-state index in [2.05, 4.69) is 15.2 Å². The van der Waals surface area contributed by atoms with Gasteiger partial charge in [-0.2, -0.15) is 0 Å². The van der Waals surface area contributed by atoms with Crippen LogP contribution in [0.1, 0.15) is 22.6 Å². The third kappa shape index (κ3) is 3.67. The molecule has 2 rings (SSSR count). The van der Waals surface area contributed by atoms with Crippen LogP contribution < -0.4 is 5.32 Å². The van der Waals surface area contributed by atoms with E-state index in [-0.39, 0.29) is 5.91 Å². The lowest BCUT2D eigenvalue weighted by atomic mass is 10.3. The highest BCUT2D eigenvalue weighted by atomic mass is 35.5. The van der Waals surface area contributed by atoms with E-state index in [1.165, 1.54) is 0 Å². The Kier molecular flexibility index (Phi) is 5.08. The first kappa shape index (κ1) is 16.1. The number of nitrogens with zero attached hydrogens (tertiary/aromatic N) is 3. The molecule has 7 heteroatoms. The van der Waals surface area contributed by atoms with Gasteiger partial charge in [-0.25, -0.2) is 4.98 Å². The molecule has 2 aromatic rings. The van der Waals surface area contributed by atoms with Crippen molar-refractivity contribution in [3.63, 3.8) is 0 Å². The Balaban J connectivity index is 2.21. The summed E-state index contributed by atoms with van der Waals surface area (Å²) in [4.78, 5) is 18.7. The molecule has 0 fully saturated rings. The highest BCUT2D eigenvalue weighted by Gasteiger charge is 2.18. The van der Waals surface area contributed by atoms with Gasteiger partial charge in [0.2, 0.25) is 0 Å². The number of carbonyl (C=O) groups excluding carboxylic acids is 1. The number of aromatic nitrogens is 2. The van der Waals surface area contributed by atoms with Crippen LogP contribution in [0.3, 0.4) is 0 Å². The lowest BCUT2D eigenvalue weighted by molar-refractivity contribution is 0.0946. The molecule has 1 amide bonds. The van der Waals surface area contributed by atoms with Crippen LogP contribution in [0.2, 0.25) is 10.0 Å². The number of pyridine rings is 1. The highest BCUT2D eigenvalue weighted by molar-refractivity contribution is 6.36. The first-order valence-corrected chi connectivity index (χ1v) is 7.42. The minimum Gasteiger partial charge on any atom is -0.351 e. The van der Waals surface area contributed by atoms with Gasteiger partial charge in [0.1, 0.15) is 5.69 Å². The number of rotatable bonds is 5. The summed E-state index contributed by atoms with van der Waals surface area (Å²) >= 11 is 12.1. The molecule has 0 atom stereocenters. The number of hydrogen-bond acceptors (Lipinski definition) is 3. The van der Waals surface area contributed by atoms with Crippen molar-refractivity contribution in [1.29, 1.82) is 0 Å². The Morgan fingerprint density at radius 3 is 2.81 bits per heavy atom. The number of halogens is 2. The third-order valence-electron chi connectivity index (χ3n) is 3.10. The molecule has 0 aliphatic carbocycles. The third-order valence-corrected chi connectivity index (χ3v) is 3.58. The van der Waals surface area contributed by atoms with E-state index < -0.39 is 0 Å². The SMILES string of the molecule is Cc1nc2c(Cl)cc(Cl)cn2c1C(=O)NCCCN(C)C. The van der Waals surface area contributed by atoms with E-state index >= 15 is 0 Å². The van der Waals surface area contributed by atoms with Crippen LogP contribution in [0.4, 0.5) is 0 Å². The highest BCUT2D eigenvalue weighted by Crippen LogP contribution is 2.24. The first-order valence-electron chi connectivity index (χ1n) is 6.66. The number of amides is 1. The van der Waals surface area contributed by atoms with Crippen LogP contribution in [0, 0.1) is 6.92 Å².